The molecule has 2 heterocycles. The average molecular weight is 279 g/mol. The SMILES string of the molecule is COc1nc2sccn2c1CNCC1(C(C)C)CC1. The topological polar surface area (TPSA) is 38.6 Å². The van der Waals surface area contributed by atoms with Crippen molar-refractivity contribution in [2.45, 2.75) is 33.2 Å². The van der Waals surface area contributed by atoms with Crippen LogP contribution in [0.25, 0.3) is 4.96 Å². The van der Waals surface area contributed by atoms with E-state index in [1.807, 2.05) is 0 Å². The lowest BCUT2D eigenvalue weighted by Gasteiger charge is -2.20. The molecule has 0 aromatic carbocycles. The molecule has 1 fully saturated rings. The minimum Gasteiger partial charge on any atom is -0.480 e. The van der Waals surface area contributed by atoms with Crippen molar-refractivity contribution >= 4 is 16.3 Å². The fourth-order valence-corrected chi connectivity index (χ4v) is 3.41. The Balaban J connectivity index is 1.69. The second kappa shape index (κ2) is 4.80. The summed E-state index contributed by atoms with van der Waals surface area (Å²) in [6.45, 7) is 6.55. The highest BCUT2D eigenvalue weighted by Gasteiger charge is 2.44. The van der Waals surface area contributed by atoms with Crippen LogP contribution in [0.15, 0.2) is 11.6 Å². The quantitative estimate of drug-likeness (QED) is 0.883. The molecule has 0 radical (unpaired) electrons. The smallest absolute Gasteiger partial charge is 0.237 e. The molecule has 19 heavy (non-hydrogen) atoms. The highest BCUT2D eigenvalue weighted by molar-refractivity contribution is 7.15. The molecule has 1 N–H and O–H groups in total. The Bertz CT molecular complexity index is 568. The van der Waals surface area contributed by atoms with Crippen LogP contribution in [0.4, 0.5) is 0 Å². The molecule has 0 saturated heterocycles. The minimum atomic E-state index is 0.533. The minimum absolute atomic E-state index is 0.533. The first-order chi connectivity index (χ1) is 9.16. The number of nitrogens with zero attached hydrogens (tertiary/aromatic N) is 2. The summed E-state index contributed by atoms with van der Waals surface area (Å²) in [6, 6.07) is 0. The highest BCUT2D eigenvalue weighted by Crippen LogP contribution is 2.51. The van der Waals surface area contributed by atoms with Crippen LogP contribution in [0.3, 0.4) is 0 Å². The van der Waals surface area contributed by atoms with E-state index in [2.05, 4.69) is 40.1 Å². The first-order valence-electron chi connectivity index (χ1n) is 6.85. The van der Waals surface area contributed by atoms with Gasteiger partial charge in [-0.1, -0.05) is 13.8 Å². The number of imidazole rings is 1. The number of methoxy groups -OCH3 is 1. The van der Waals surface area contributed by atoms with Gasteiger partial charge in [-0.3, -0.25) is 4.40 Å². The summed E-state index contributed by atoms with van der Waals surface area (Å²) in [7, 11) is 1.69. The van der Waals surface area contributed by atoms with Crippen molar-refractivity contribution in [3.05, 3.63) is 17.3 Å². The Kier molecular flexibility index (Phi) is 3.27. The summed E-state index contributed by atoms with van der Waals surface area (Å²) in [5.74, 6) is 1.50. The summed E-state index contributed by atoms with van der Waals surface area (Å²) in [4.78, 5) is 5.47. The van der Waals surface area contributed by atoms with Crippen LogP contribution < -0.4 is 10.1 Å². The Morgan fingerprint density at radius 1 is 1.53 bits per heavy atom. The number of rotatable bonds is 6. The van der Waals surface area contributed by atoms with E-state index in [-0.39, 0.29) is 0 Å². The monoisotopic (exact) mass is 279 g/mol. The standard InChI is InChI=1S/C14H21N3OS/c1-10(2)14(4-5-14)9-15-8-11-12(18-3)16-13-17(11)6-7-19-13/h6-7,10,15H,4-5,8-9H2,1-3H3. The van der Waals surface area contributed by atoms with Gasteiger partial charge < -0.3 is 10.1 Å². The maximum absolute atomic E-state index is 5.37. The zero-order valence-electron chi connectivity index (χ0n) is 11.8. The molecule has 1 saturated carbocycles. The second-order valence-electron chi connectivity index (χ2n) is 5.74. The van der Waals surface area contributed by atoms with E-state index in [9.17, 15) is 0 Å². The molecular weight excluding hydrogens is 258 g/mol. The van der Waals surface area contributed by atoms with Crippen molar-refractivity contribution in [2.75, 3.05) is 13.7 Å². The highest BCUT2D eigenvalue weighted by atomic mass is 32.1. The summed E-state index contributed by atoms with van der Waals surface area (Å²) >= 11 is 1.64. The summed E-state index contributed by atoms with van der Waals surface area (Å²) < 4.78 is 7.49. The molecule has 1 aliphatic rings. The molecule has 3 rings (SSSR count). The summed E-state index contributed by atoms with van der Waals surface area (Å²) in [5.41, 5.74) is 1.66. The van der Waals surface area contributed by atoms with Crippen LogP contribution in [0, 0.1) is 11.3 Å². The Morgan fingerprint density at radius 3 is 2.95 bits per heavy atom. The fourth-order valence-electron chi connectivity index (χ4n) is 2.69. The molecule has 0 unspecified atom stereocenters. The van der Waals surface area contributed by atoms with E-state index < -0.39 is 0 Å². The van der Waals surface area contributed by atoms with Crippen molar-refractivity contribution in [2.24, 2.45) is 11.3 Å². The lowest BCUT2D eigenvalue weighted by molar-refractivity contribution is 0.334. The number of hydrogen-bond donors (Lipinski definition) is 1. The van der Waals surface area contributed by atoms with E-state index >= 15 is 0 Å². The number of aromatic nitrogens is 2. The van der Waals surface area contributed by atoms with E-state index in [0.29, 0.717) is 5.41 Å². The van der Waals surface area contributed by atoms with Gasteiger partial charge in [-0.25, -0.2) is 0 Å². The zero-order valence-corrected chi connectivity index (χ0v) is 12.6. The normalized spacial score (nSPS) is 17.3. The molecule has 5 heteroatoms. The predicted octanol–water partition coefficient (Wildman–Crippen LogP) is 2.93. The Hall–Kier alpha value is -1.07. The molecule has 0 spiro atoms. The van der Waals surface area contributed by atoms with Gasteiger partial charge in [0.2, 0.25) is 5.88 Å². The fraction of sp³-hybridized carbons (Fsp3) is 0.643. The largest absolute Gasteiger partial charge is 0.480 e. The van der Waals surface area contributed by atoms with E-state index in [4.69, 9.17) is 4.74 Å². The molecule has 2 aromatic rings. The number of fused-ring (bicyclic) bond motifs is 1. The Labute approximate surface area is 117 Å². The van der Waals surface area contributed by atoms with Gasteiger partial charge in [0.05, 0.1) is 7.11 Å². The van der Waals surface area contributed by atoms with Crippen molar-refractivity contribution in [1.82, 2.24) is 14.7 Å². The maximum Gasteiger partial charge on any atom is 0.237 e. The van der Waals surface area contributed by atoms with Gasteiger partial charge in [0.1, 0.15) is 5.69 Å². The van der Waals surface area contributed by atoms with Crippen LogP contribution in [0.1, 0.15) is 32.4 Å². The number of nitrogens with one attached hydrogen (secondary N) is 1. The van der Waals surface area contributed by atoms with Crippen molar-refractivity contribution in [3.8, 4) is 5.88 Å². The van der Waals surface area contributed by atoms with Crippen molar-refractivity contribution in [3.63, 3.8) is 0 Å². The second-order valence-corrected chi connectivity index (χ2v) is 6.62. The van der Waals surface area contributed by atoms with Gasteiger partial charge in [-0.2, -0.15) is 4.98 Å². The van der Waals surface area contributed by atoms with Gasteiger partial charge in [-0.05, 0) is 24.2 Å². The zero-order chi connectivity index (χ0) is 13.5. The third-order valence-corrected chi connectivity index (χ3v) is 5.16. The Morgan fingerprint density at radius 2 is 2.32 bits per heavy atom. The molecular formula is C14H21N3OS. The maximum atomic E-state index is 5.37. The molecule has 0 amide bonds. The van der Waals surface area contributed by atoms with E-state index in [1.165, 1.54) is 12.8 Å². The number of thiazole rings is 1. The first kappa shape index (κ1) is 12.9. The van der Waals surface area contributed by atoms with Crippen LogP contribution in [0.5, 0.6) is 5.88 Å². The average Bonchev–Trinajstić information content (AvgIpc) is 2.92. The van der Waals surface area contributed by atoms with Gasteiger partial charge in [0.15, 0.2) is 4.96 Å². The van der Waals surface area contributed by atoms with E-state index in [0.717, 1.165) is 35.5 Å². The van der Waals surface area contributed by atoms with Gasteiger partial charge >= 0.3 is 0 Å². The first-order valence-corrected chi connectivity index (χ1v) is 7.73. The van der Waals surface area contributed by atoms with Gasteiger partial charge in [-0.15, -0.1) is 11.3 Å². The molecule has 104 valence electrons. The van der Waals surface area contributed by atoms with E-state index in [1.54, 1.807) is 18.4 Å². The van der Waals surface area contributed by atoms with Crippen LogP contribution in [0.2, 0.25) is 0 Å². The predicted molar refractivity (Wildman–Crippen MR) is 77.8 cm³/mol. The third-order valence-electron chi connectivity index (χ3n) is 4.40. The summed E-state index contributed by atoms with van der Waals surface area (Å²) in [5, 5.41) is 5.65. The van der Waals surface area contributed by atoms with Crippen LogP contribution >= 0.6 is 11.3 Å². The van der Waals surface area contributed by atoms with Gasteiger partial charge in [0.25, 0.3) is 0 Å². The molecule has 0 bridgehead atoms. The molecule has 2 aromatic heterocycles. The number of hydrogen-bond acceptors (Lipinski definition) is 4. The summed E-state index contributed by atoms with van der Waals surface area (Å²) in [6.07, 6.45) is 4.77. The van der Waals surface area contributed by atoms with Crippen molar-refractivity contribution < 1.29 is 4.74 Å². The molecule has 4 nitrogen and oxygen atoms in total. The molecule has 1 aliphatic carbocycles. The van der Waals surface area contributed by atoms with Crippen LogP contribution in [-0.2, 0) is 6.54 Å². The lowest BCUT2D eigenvalue weighted by atomic mass is 9.92. The lowest BCUT2D eigenvalue weighted by Crippen LogP contribution is -2.27. The van der Waals surface area contributed by atoms with Crippen molar-refractivity contribution in [1.29, 1.82) is 0 Å². The number of ether oxygens (including phenoxy) is 1. The third kappa shape index (κ3) is 2.25. The van der Waals surface area contributed by atoms with Crippen LogP contribution in [-0.4, -0.2) is 23.0 Å². The molecule has 0 atom stereocenters. The molecule has 0 aliphatic heterocycles. The van der Waals surface area contributed by atoms with Gasteiger partial charge in [0, 0.05) is 24.7 Å².